The molecule has 1 aromatic carbocycles. The van der Waals surface area contributed by atoms with E-state index in [1.54, 1.807) is 26.0 Å². The van der Waals surface area contributed by atoms with Gasteiger partial charge in [-0.15, -0.1) is 16.0 Å². The van der Waals surface area contributed by atoms with E-state index in [0.717, 1.165) is 11.2 Å². The maximum Gasteiger partial charge on any atom is 0.530 e. The first-order valence-corrected chi connectivity index (χ1v) is 15.3. The summed E-state index contributed by atoms with van der Waals surface area (Å²) >= 11 is 5.61. The molecule has 33 heavy (non-hydrogen) atoms. The summed E-state index contributed by atoms with van der Waals surface area (Å²) in [6.07, 6.45) is 1.49. The van der Waals surface area contributed by atoms with Crippen molar-refractivity contribution in [2.75, 3.05) is 45.2 Å². The fraction of sp³-hybridized carbons (Fsp3) is 0.588. The van der Waals surface area contributed by atoms with Crippen molar-refractivity contribution < 1.29 is 39.8 Å². The molecule has 0 spiro atoms. The van der Waals surface area contributed by atoms with Crippen LogP contribution in [0.2, 0.25) is 0 Å². The second-order valence-electron chi connectivity index (χ2n) is 6.66. The number of hydrazine groups is 1. The molecule has 0 fully saturated rings. The lowest BCUT2D eigenvalue weighted by Gasteiger charge is -2.33. The molecule has 190 valence electrons. The minimum absolute atomic E-state index is 0.0712. The third-order valence-corrected chi connectivity index (χ3v) is 7.75. The molecular weight excluding hydrogens is 521 g/mol. The van der Waals surface area contributed by atoms with Gasteiger partial charge < -0.3 is 9.42 Å². The molecule has 1 rings (SSSR count). The molecule has 0 saturated heterocycles. The van der Waals surface area contributed by atoms with E-state index in [1.165, 1.54) is 19.2 Å². The highest BCUT2D eigenvalue weighted by Gasteiger charge is 2.37. The van der Waals surface area contributed by atoms with Gasteiger partial charge in [-0.3, -0.25) is 9.05 Å². The summed E-state index contributed by atoms with van der Waals surface area (Å²) in [6, 6.07) is 4.97. The SMILES string of the molecule is CCOP(=O)(OCC)Oc1ccc(CN(C)C(=O)N(N(CCCl)S(C)(=O)=O)S(C)(=O)=O)cc1. The van der Waals surface area contributed by atoms with Crippen molar-refractivity contribution >= 4 is 45.5 Å². The van der Waals surface area contributed by atoms with Crippen LogP contribution in [-0.4, -0.2) is 81.8 Å². The molecule has 0 heterocycles. The summed E-state index contributed by atoms with van der Waals surface area (Å²) in [4.78, 5) is 13.9. The summed E-state index contributed by atoms with van der Waals surface area (Å²) in [5.41, 5.74) is 0.553. The number of hydrogen-bond acceptors (Lipinski definition) is 9. The number of carbonyl (C=O) groups is 1. The standard InChI is InChI=1S/C17H29ClN3O9PS2/c1-6-28-31(23,29-7-2)30-16-10-8-15(9-11-16)14-19(3)17(22)21(33(5,26)27)20(13-12-18)32(4,24)25/h8-11H,6-7,12-14H2,1-5H3. The van der Waals surface area contributed by atoms with Crippen molar-refractivity contribution in [3.05, 3.63) is 29.8 Å². The second kappa shape index (κ2) is 12.3. The third-order valence-electron chi connectivity index (χ3n) is 3.80. The molecule has 16 heteroatoms. The lowest BCUT2D eigenvalue weighted by Crippen LogP contribution is -2.55. The highest BCUT2D eigenvalue weighted by molar-refractivity contribution is 7.91. The van der Waals surface area contributed by atoms with Crippen LogP contribution in [0.4, 0.5) is 4.79 Å². The molecule has 0 bridgehead atoms. The number of sulfonamides is 2. The molecule has 1 aromatic rings. The Hall–Kier alpha value is -1.41. The van der Waals surface area contributed by atoms with Crippen molar-refractivity contribution in [2.45, 2.75) is 20.4 Å². The molecular formula is C17H29ClN3O9PS2. The smallest absolute Gasteiger partial charge is 0.404 e. The molecule has 0 saturated carbocycles. The number of phosphoric acid groups is 1. The molecule has 0 aliphatic heterocycles. The zero-order valence-corrected chi connectivity index (χ0v) is 22.3. The van der Waals surface area contributed by atoms with Gasteiger partial charge in [0.15, 0.2) is 0 Å². The Bertz CT molecular complexity index is 1040. The number of benzene rings is 1. The van der Waals surface area contributed by atoms with E-state index in [-0.39, 0.29) is 35.8 Å². The number of phosphoric ester groups is 1. The maximum absolute atomic E-state index is 12.9. The van der Waals surface area contributed by atoms with Crippen LogP contribution < -0.4 is 4.52 Å². The molecule has 0 aliphatic rings. The second-order valence-corrected chi connectivity index (χ2v) is 12.3. The summed E-state index contributed by atoms with van der Waals surface area (Å²) < 4.78 is 77.1. The number of hydrogen-bond donors (Lipinski definition) is 0. The third kappa shape index (κ3) is 9.04. The molecule has 0 aliphatic carbocycles. The number of urea groups is 1. The highest BCUT2D eigenvalue weighted by atomic mass is 35.5. The van der Waals surface area contributed by atoms with E-state index in [4.69, 9.17) is 25.2 Å². The quantitative estimate of drug-likeness (QED) is 0.206. The Morgan fingerprint density at radius 2 is 1.52 bits per heavy atom. The van der Waals surface area contributed by atoms with Gasteiger partial charge in [0.1, 0.15) is 5.75 Å². The van der Waals surface area contributed by atoms with Crippen molar-refractivity contribution in [3.8, 4) is 5.75 Å². The van der Waals surface area contributed by atoms with Crippen molar-refractivity contribution in [1.29, 1.82) is 0 Å². The first-order valence-electron chi connectivity index (χ1n) is 9.65. The van der Waals surface area contributed by atoms with Crippen molar-refractivity contribution in [1.82, 2.24) is 13.7 Å². The van der Waals surface area contributed by atoms with E-state index in [1.807, 2.05) is 0 Å². The average molecular weight is 550 g/mol. The summed E-state index contributed by atoms with van der Waals surface area (Å²) in [7, 11) is -10.9. The fourth-order valence-corrected chi connectivity index (χ4v) is 6.32. The van der Waals surface area contributed by atoms with E-state index in [2.05, 4.69) is 0 Å². The van der Waals surface area contributed by atoms with Crippen LogP contribution in [0.1, 0.15) is 19.4 Å². The Kier molecular flexibility index (Phi) is 11.1. The minimum Gasteiger partial charge on any atom is -0.404 e. The first kappa shape index (κ1) is 29.6. The Labute approximate surface area is 200 Å². The molecule has 0 unspecified atom stereocenters. The van der Waals surface area contributed by atoms with Crippen LogP contribution in [0, 0.1) is 0 Å². The van der Waals surface area contributed by atoms with E-state index in [0.29, 0.717) is 16.2 Å². The molecule has 0 N–H and O–H groups in total. The largest absolute Gasteiger partial charge is 0.530 e. The molecule has 0 radical (unpaired) electrons. The molecule has 0 atom stereocenters. The average Bonchev–Trinajstić information content (AvgIpc) is 2.67. The Morgan fingerprint density at radius 1 is 1.00 bits per heavy atom. The van der Waals surface area contributed by atoms with Crippen LogP contribution in [0.5, 0.6) is 5.75 Å². The fourth-order valence-electron chi connectivity index (χ4n) is 2.54. The number of amides is 2. The van der Waals surface area contributed by atoms with Crippen LogP contribution in [0.3, 0.4) is 0 Å². The van der Waals surface area contributed by atoms with Gasteiger partial charge >= 0.3 is 13.9 Å². The van der Waals surface area contributed by atoms with Gasteiger partial charge in [0.2, 0.25) is 10.0 Å². The highest BCUT2D eigenvalue weighted by Crippen LogP contribution is 2.49. The summed E-state index contributed by atoms with van der Waals surface area (Å²) in [6.45, 7) is 3.03. The van der Waals surface area contributed by atoms with Gasteiger partial charge in [-0.05, 0) is 31.5 Å². The van der Waals surface area contributed by atoms with Crippen molar-refractivity contribution in [3.63, 3.8) is 0 Å². The van der Waals surface area contributed by atoms with Gasteiger partial charge in [0.05, 0.1) is 25.7 Å². The van der Waals surface area contributed by atoms with Gasteiger partial charge in [0, 0.05) is 26.0 Å². The minimum atomic E-state index is -4.29. The monoisotopic (exact) mass is 549 g/mol. The van der Waals surface area contributed by atoms with Crippen molar-refractivity contribution in [2.24, 2.45) is 0 Å². The first-order chi connectivity index (χ1) is 15.2. The zero-order valence-electron chi connectivity index (χ0n) is 19.0. The van der Waals surface area contributed by atoms with Crippen LogP contribution in [0.25, 0.3) is 0 Å². The van der Waals surface area contributed by atoms with E-state index >= 15 is 0 Å². The van der Waals surface area contributed by atoms with Gasteiger partial charge in [-0.25, -0.2) is 26.2 Å². The lowest BCUT2D eigenvalue weighted by atomic mass is 10.2. The lowest BCUT2D eigenvalue weighted by molar-refractivity contribution is 0.133. The Balaban J connectivity index is 3.07. The summed E-state index contributed by atoms with van der Waals surface area (Å²) in [5, 5.41) is 0. The van der Waals surface area contributed by atoms with Crippen LogP contribution in [-0.2, 0) is 40.2 Å². The van der Waals surface area contributed by atoms with Crippen LogP contribution in [0.15, 0.2) is 24.3 Å². The predicted octanol–water partition coefficient (Wildman–Crippen LogP) is 2.48. The zero-order chi connectivity index (χ0) is 25.4. The van der Waals surface area contributed by atoms with Gasteiger partial charge in [-0.1, -0.05) is 16.5 Å². The number of carbonyl (C=O) groups excluding carboxylic acids is 1. The van der Waals surface area contributed by atoms with E-state index in [9.17, 15) is 26.2 Å². The molecule has 0 aromatic heterocycles. The number of nitrogens with zero attached hydrogens (tertiary/aromatic N) is 3. The summed E-state index contributed by atoms with van der Waals surface area (Å²) in [5.74, 6) is -0.0358. The number of halogens is 1. The van der Waals surface area contributed by atoms with Crippen LogP contribution >= 0.6 is 19.4 Å². The van der Waals surface area contributed by atoms with E-state index < -0.39 is 40.4 Å². The van der Waals surface area contributed by atoms with Gasteiger partial charge in [-0.2, -0.15) is 0 Å². The number of rotatable bonds is 13. The number of alkyl halides is 1. The molecule has 12 nitrogen and oxygen atoms in total. The maximum atomic E-state index is 12.9. The topological polar surface area (TPSA) is 140 Å². The molecule has 2 amide bonds. The Morgan fingerprint density at radius 3 is 1.91 bits per heavy atom. The van der Waals surface area contributed by atoms with Gasteiger partial charge in [0.25, 0.3) is 10.0 Å². The normalized spacial score (nSPS) is 12.6. The predicted molar refractivity (Wildman–Crippen MR) is 124 cm³/mol.